The van der Waals surface area contributed by atoms with E-state index in [0.29, 0.717) is 49.1 Å². The van der Waals surface area contributed by atoms with Crippen molar-refractivity contribution in [1.82, 2.24) is 5.32 Å². The maximum absolute atomic E-state index is 13.9. The minimum atomic E-state index is -1.08. The molecule has 0 radical (unpaired) electrons. The summed E-state index contributed by atoms with van der Waals surface area (Å²) >= 11 is 1.10. The van der Waals surface area contributed by atoms with Crippen LogP contribution in [0.1, 0.15) is 87.7 Å². The molecule has 2 N–H and O–H groups in total. The third-order valence-electron chi connectivity index (χ3n) is 6.76. The highest BCUT2D eigenvalue weighted by atomic mass is 32.1. The fourth-order valence-corrected chi connectivity index (χ4v) is 5.45. The van der Waals surface area contributed by atoms with Gasteiger partial charge in [0.1, 0.15) is 11.0 Å². The molecule has 8 nitrogen and oxygen atoms in total. The first-order valence-electron chi connectivity index (χ1n) is 13.2. The molecule has 0 spiro atoms. The van der Waals surface area contributed by atoms with Crippen LogP contribution in [0.15, 0.2) is 6.07 Å². The van der Waals surface area contributed by atoms with Crippen molar-refractivity contribution >= 4 is 35.0 Å². The van der Waals surface area contributed by atoms with Gasteiger partial charge in [-0.2, -0.15) is 0 Å². The molecule has 0 unspecified atom stereocenters. The zero-order valence-electron chi connectivity index (χ0n) is 22.6. The molecule has 2 heterocycles. The molecule has 1 aromatic rings. The molecule has 204 valence electrons. The predicted octanol–water partition coefficient (Wildman–Crippen LogP) is 5.30. The molecular weight excluding hydrogens is 492 g/mol. The molecule has 1 aliphatic heterocycles. The minimum Gasteiger partial charge on any atom is -0.477 e. The molecule has 1 saturated heterocycles. The number of nitrogens with one attached hydrogen (secondary N) is 1. The Morgan fingerprint density at radius 2 is 1.95 bits per heavy atom. The zero-order chi connectivity index (χ0) is 27.2. The first-order valence-corrected chi connectivity index (χ1v) is 14.0. The fraction of sp³-hybridized carbons (Fsp3) is 0.679. The molecule has 0 bridgehead atoms. The number of thiophene rings is 1. The van der Waals surface area contributed by atoms with Crippen LogP contribution in [0.4, 0.5) is 10.5 Å². The van der Waals surface area contributed by atoms with Gasteiger partial charge in [-0.05, 0) is 71.8 Å². The number of rotatable bonds is 8. The topological polar surface area (TPSA) is 105 Å². The Labute approximate surface area is 224 Å². The highest BCUT2D eigenvalue weighted by Gasteiger charge is 2.34. The summed E-state index contributed by atoms with van der Waals surface area (Å²) < 4.78 is 10.6. The summed E-state index contributed by atoms with van der Waals surface area (Å²) in [6.45, 7) is 11.4. The molecule has 0 aromatic carbocycles. The summed E-state index contributed by atoms with van der Waals surface area (Å²) in [6, 6.07) is 1.40. The van der Waals surface area contributed by atoms with Crippen molar-refractivity contribution in [2.24, 2.45) is 17.3 Å². The minimum absolute atomic E-state index is 0.0549. The van der Waals surface area contributed by atoms with Crippen molar-refractivity contribution in [3.63, 3.8) is 0 Å². The standard InChI is InChI=1S/C28H40N2O6S/c1-18-6-8-20(9-7-18)25(31)30(19(2)11-14-29-27(34)36-21-12-15-35-17-21)23-16-22(10-13-28(3,4)5)37-24(23)26(32)33/h16,18-21H,6-9,11-12,14-15,17H2,1-5H3,(H,29,34)(H,32,33)/t18?,19-,20?,21+/m0/s1. The second kappa shape index (κ2) is 12.8. The van der Waals surface area contributed by atoms with E-state index in [-0.39, 0.29) is 34.3 Å². The van der Waals surface area contributed by atoms with E-state index in [4.69, 9.17) is 9.47 Å². The van der Waals surface area contributed by atoms with E-state index in [1.165, 1.54) is 0 Å². The van der Waals surface area contributed by atoms with Gasteiger partial charge in [-0.3, -0.25) is 4.79 Å². The van der Waals surface area contributed by atoms with Gasteiger partial charge >= 0.3 is 12.1 Å². The van der Waals surface area contributed by atoms with Crippen LogP contribution < -0.4 is 10.2 Å². The number of nitrogens with zero attached hydrogens (tertiary/aromatic N) is 1. The number of carbonyl (C=O) groups is 3. The molecule has 1 aliphatic carbocycles. The van der Waals surface area contributed by atoms with Crippen LogP contribution in [0, 0.1) is 29.1 Å². The van der Waals surface area contributed by atoms with E-state index >= 15 is 0 Å². The maximum Gasteiger partial charge on any atom is 0.407 e. The lowest BCUT2D eigenvalue weighted by Crippen LogP contribution is -2.45. The predicted molar refractivity (Wildman–Crippen MR) is 144 cm³/mol. The highest BCUT2D eigenvalue weighted by molar-refractivity contribution is 7.15. The smallest absolute Gasteiger partial charge is 0.407 e. The third kappa shape index (κ3) is 8.47. The van der Waals surface area contributed by atoms with Crippen LogP contribution in [0.2, 0.25) is 0 Å². The Bertz CT molecular complexity index is 1020. The summed E-state index contributed by atoms with van der Waals surface area (Å²) in [6.07, 6.45) is 3.93. The molecule has 1 aromatic heterocycles. The van der Waals surface area contributed by atoms with Crippen LogP contribution in [0.3, 0.4) is 0 Å². The molecule has 2 aliphatic rings. The number of hydrogen-bond acceptors (Lipinski definition) is 6. The quantitative estimate of drug-likeness (QED) is 0.441. The van der Waals surface area contributed by atoms with E-state index in [0.717, 1.165) is 37.0 Å². The number of hydrogen-bond donors (Lipinski definition) is 2. The lowest BCUT2D eigenvalue weighted by Gasteiger charge is -2.35. The summed E-state index contributed by atoms with van der Waals surface area (Å²) in [5.74, 6) is 5.56. The Balaban J connectivity index is 1.81. The van der Waals surface area contributed by atoms with Crippen LogP contribution in [0.25, 0.3) is 0 Å². The average Bonchev–Trinajstić information content (AvgIpc) is 3.48. The second-order valence-corrected chi connectivity index (χ2v) is 12.3. The number of carbonyl (C=O) groups excluding carboxylic acids is 2. The van der Waals surface area contributed by atoms with E-state index in [2.05, 4.69) is 24.1 Å². The fourth-order valence-electron chi connectivity index (χ4n) is 4.61. The lowest BCUT2D eigenvalue weighted by atomic mass is 9.82. The van der Waals surface area contributed by atoms with Gasteiger partial charge < -0.3 is 24.8 Å². The van der Waals surface area contributed by atoms with E-state index < -0.39 is 12.1 Å². The van der Waals surface area contributed by atoms with Crippen LogP contribution in [0.5, 0.6) is 0 Å². The Morgan fingerprint density at radius 1 is 1.24 bits per heavy atom. The number of carboxylic acids is 1. The summed E-state index contributed by atoms with van der Waals surface area (Å²) in [4.78, 5) is 40.6. The van der Waals surface area contributed by atoms with Crippen LogP contribution >= 0.6 is 11.3 Å². The zero-order valence-corrected chi connectivity index (χ0v) is 23.4. The largest absolute Gasteiger partial charge is 0.477 e. The van der Waals surface area contributed by atoms with Crippen molar-refractivity contribution in [2.75, 3.05) is 24.7 Å². The Hall–Kier alpha value is -2.57. The average molecular weight is 533 g/mol. The van der Waals surface area contributed by atoms with Gasteiger partial charge in [-0.15, -0.1) is 11.3 Å². The van der Waals surface area contributed by atoms with Gasteiger partial charge in [0.15, 0.2) is 0 Å². The Morgan fingerprint density at radius 3 is 2.54 bits per heavy atom. The number of amides is 2. The number of aromatic carboxylic acids is 1. The normalized spacial score (nSPS) is 22.5. The highest BCUT2D eigenvalue weighted by Crippen LogP contribution is 2.36. The summed E-state index contributed by atoms with van der Waals surface area (Å²) in [7, 11) is 0. The molecule has 3 rings (SSSR count). The number of alkyl carbamates (subject to hydrolysis) is 1. The van der Waals surface area contributed by atoms with E-state index in [1.807, 2.05) is 27.7 Å². The Kier molecular flexibility index (Phi) is 10.0. The van der Waals surface area contributed by atoms with Crippen molar-refractivity contribution in [1.29, 1.82) is 0 Å². The lowest BCUT2D eigenvalue weighted by molar-refractivity contribution is -0.124. The SMILES string of the molecule is CC1CCC(C(=O)N(c2cc(C#CC(C)(C)C)sc2C(=O)O)[C@@H](C)CCNC(=O)O[C@@H]2CCOC2)CC1. The van der Waals surface area contributed by atoms with Crippen molar-refractivity contribution in [2.45, 2.75) is 85.3 Å². The number of anilines is 1. The molecule has 2 atom stereocenters. The number of ether oxygens (including phenoxy) is 2. The van der Waals surface area contributed by atoms with Gasteiger partial charge in [-0.25, -0.2) is 9.59 Å². The maximum atomic E-state index is 13.9. The van der Waals surface area contributed by atoms with Gasteiger partial charge in [0.2, 0.25) is 5.91 Å². The monoisotopic (exact) mass is 532 g/mol. The molecule has 37 heavy (non-hydrogen) atoms. The van der Waals surface area contributed by atoms with Crippen molar-refractivity contribution in [3.8, 4) is 11.8 Å². The molecule has 9 heteroatoms. The van der Waals surface area contributed by atoms with E-state index in [9.17, 15) is 19.5 Å². The van der Waals surface area contributed by atoms with Crippen LogP contribution in [-0.2, 0) is 14.3 Å². The number of carboxylic acid groups (broad SMARTS) is 1. The van der Waals surface area contributed by atoms with Gasteiger partial charge in [0.05, 0.1) is 23.8 Å². The van der Waals surface area contributed by atoms with Crippen molar-refractivity contribution < 1.29 is 29.0 Å². The van der Waals surface area contributed by atoms with Gasteiger partial charge in [0, 0.05) is 30.3 Å². The summed E-state index contributed by atoms with van der Waals surface area (Å²) in [5.41, 5.74) is 0.151. The molecule has 1 saturated carbocycles. The summed E-state index contributed by atoms with van der Waals surface area (Å²) in [5, 5.41) is 12.7. The molecular formula is C28H40N2O6S. The first kappa shape index (κ1) is 29.0. The van der Waals surface area contributed by atoms with Crippen LogP contribution in [-0.4, -0.2) is 55.0 Å². The molecule has 2 amide bonds. The van der Waals surface area contributed by atoms with Gasteiger partial charge in [0.25, 0.3) is 0 Å². The first-order chi connectivity index (χ1) is 17.4. The molecule has 2 fully saturated rings. The second-order valence-electron chi connectivity index (χ2n) is 11.3. The van der Waals surface area contributed by atoms with Gasteiger partial charge in [-0.1, -0.05) is 18.8 Å². The third-order valence-corrected chi connectivity index (χ3v) is 7.79. The van der Waals surface area contributed by atoms with E-state index in [1.54, 1.807) is 11.0 Å². The van der Waals surface area contributed by atoms with Crippen molar-refractivity contribution in [3.05, 3.63) is 15.8 Å².